The van der Waals surface area contributed by atoms with Crippen LogP contribution in [0.2, 0.25) is 5.02 Å². The minimum absolute atomic E-state index is 0.0136. The van der Waals surface area contributed by atoms with E-state index in [0.717, 1.165) is 18.5 Å². The summed E-state index contributed by atoms with van der Waals surface area (Å²) in [6, 6.07) is 5.79. The molecule has 1 aliphatic carbocycles. The van der Waals surface area contributed by atoms with Gasteiger partial charge in [0.2, 0.25) is 0 Å². The summed E-state index contributed by atoms with van der Waals surface area (Å²) in [5, 5.41) is 26.4. The van der Waals surface area contributed by atoms with Crippen LogP contribution in [0.15, 0.2) is 48.8 Å². The number of halogens is 8. The molecule has 1 saturated carbocycles. The minimum Gasteiger partial charge on any atom is -0.382 e. The molecule has 0 saturated heterocycles. The van der Waals surface area contributed by atoms with Gasteiger partial charge in [0.1, 0.15) is 18.3 Å². The van der Waals surface area contributed by atoms with Crippen LogP contribution in [0.5, 0.6) is 0 Å². The molecule has 230 valence electrons. The third kappa shape index (κ3) is 7.59. The molecule has 0 spiro atoms. The van der Waals surface area contributed by atoms with Crippen molar-refractivity contribution < 1.29 is 45.4 Å². The fourth-order valence-corrected chi connectivity index (χ4v) is 3.94. The first-order chi connectivity index (χ1) is 20.1. The Bertz CT molecular complexity index is 1510. The molecule has 10 nitrogen and oxygen atoms in total. The van der Waals surface area contributed by atoms with Crippen LogP contribution in [0.1, 0.15) is 33.7 Å². The second-order valence-electron chi connectivity index (χ2n) is 9.32. The molecule has 1 aromatic heterocycles. The highest BCUT2D eigenvalue weighted by Gasteiger charge is 2.42. The molecule has 3 aromatic rings. The third-order valence-corrected chi connectivity index (χ3v) is 6.40. The van der Waals surface area contributed by atoms with Crippen molar-refractivity contribution in [2.75, 3.05) is 6.54 Å². The number of para-hydroxylation sites is 1. The Morgan fingerprint density at radius 3 is 2.37 bits per heavy atom. The van der Waals surface area contributed by atoms with Gasteiger partial charge in [0, 0.05) is 17.0 Å². The van der Waals surface area contributed by atoms with Gasteiger partial charge in [-0.2, -0.15) is 26.3 Å². The Morgan fingerprint density at radius 2 is 1.79 bits per heavy atom. The second-order valence-corrected chi connectivity index (χ2v) is 9.76. The van der Waals surface area contributed by atoms with Gasteiger partial charge in [0.25, 0.3) is 5.91 Å². The Morgan fingerprint density at radius 1 is 1.14 bits per heavy atom. The highest BCUT2D eigenvalue weighted by Crippen LogP contribution is 2.36. The predicted octanol–water partition coefficient (Wildman–Crippen LogP) is 4.24. The second kappa shape index (κ2) is 12.2. The molecule has 4 N–H and O–H groups in total. The van der Waals surface area contributed by atoms with E-state index in [9.17, 15) is 45.4 Å². The van der Waals surface area contributed by atoms with Crippen LogP contribution in [0.4, 0.5) is 35.5 Å². The van der Waals surface area contributed by atoms with Gasteiger partial charge in [0.05, 0.1) is 35.9 Å². The van der Waals surface area contributed by atoms with Crippen LogP contribution < -0.4 is 10.6 Å². The standard InChI is InChI=1S/C25H21ClF7N7O3/c26-13-6-4-12(5-7-13)21(34)39(10-18(41)25(31,32)33)23(43)35-9-19-36-11-40(38-19)20-14(22(42)37-17-8-16(17)27)2-1-3-15(20)24(28,29)30/h1-7,11,16-18,34,41H,8-10H2,(H,35,43)(H,37,42)/t16-,17-,18+/m1/s1. The summed E-state index contributed by atoms with van der Waals surface area (Å²) in [6.07, 6.45) is -13.6. The van der Waals surface area contributed by atoms with Crippen LogP contribution in [0.3, 0.4) is 0 Å². The zero-order valence-electron chi connectivity index (χ0n) is 21.5. The first-order valence-corrected chi connectivity index (χ1v) is 12.6. The first-order valence-electron chi connectivity index (χ1n) is 12.3. The molecular weight excluding hydrogens is 615 g/mol. The van der Waals surface area contributed by atoms with Crippen molar-refractivity contribution in [3.8, 4) is 5.69 Å². The van der Waals surface area contributed by atoms with Crippen LogP contribution in [-0.2, 0) is 12.7 Å². The molecule has 1 heterocycles. The molecule has 18 heteroatoms. The number of amidine groups is 1. The van der Waals surface area contributed by atoms with E-state index in [1.807, 2.05) is 0 Å². The van der Waals surface area contributed by atoms with Gasteiger partial charge in [-0.3, -0.25) is 15.1 Å². The number of urea groups is 1. The summed E-state index contributed by atoms with van der Waals surface area (Å²) in [6.45, 7) is -2.00. The molecule has 4 rings (SSSR count). The SMILES string of the molecule is N=C(c1ccc(Cl)cc1)N(C[C@H](O)C(F)(F)F)C(=O)NCc1ncn(-c2c(C(=O)N[C@@H]3C[C@H]3F)cccc2C(F)(F)F)n1. The minimum atomic E-state index is -5.13. The van der Waals surface area contributed by atoms with Gasteiger partial charge < -0.3 is 15.7 Å². The highest BCUT2D eigenvalue weighted by atomic mass is 35.5. The van der Waals surface area contributed by atoms with Crippen LogP contribution in [0.25, 0.3) is 5.69 Å². The molecule has 0 bridgehead atoms. The number of benzene rings is 2. The molecule has 43 heavy (non-hydrogen) atoms. The van der Waals surface area contributed by atoms with E-state index in [1.54, 1.807) is 0 Å². The first kappa shape index (κ1) is 31.7. The van der Waals surface area contributed by atoms with Gasteiger partial charge in [-0.25, -0.2) is 18.9 Å². The molecule has 1 aliphatic rings. The summed E-state index contributed by atoms with van der Waals surface area (Å²) >= 11 is 5.79. The maximum atomic E-state index is 13.8. The van der Waals surface area contributed by atoms with Gasteiger partial charge in [-0.05, 0) is 36.4 Å². The number of aliphatic hydroxyl groups excluding tert-OH is 1. The van der Waals surface area contributed by atoms with Crippen molar-refractivity contribution in [3.63, 3.8) is 0 Å². The van der Waals surface area contributed by atoms with E-state index >= 15 is 0 Å². The molecule has 2 aromatic carbocycles. The number of amides is 3. The number of nitrogens with zero attached hydrogens (tertiary/aromatic N) is 4. The van der Waals surface area contributed by atoms with Crippen LogP contribution >= 0.6 is 11.6 Å². The van der Waals surface area contributed by atoms with Gasteiger partial charge >= 0.3 is 18.4 Å². The number of aromatic nitrogens is 3. The van der Waals surface area contributed by atoms with Crippen LogP contribution in [-0.4, -0.2) is 73.6 Å². The van der Waals surface area contributed by atoms with Gasteiger partial charge in [-0.1, -0.05) is 17.7 Å². The lowest BCUT2D eigenvalue weighted by atomic mass is 10.1. The van der Waals surface area contributed by atoms with Crippen molar-refractivity contribution in [2.45, 2.75) is 43.6 Å². The highest BCUT2D eigenvalue weighted by molar-refractivity contribution is 6.30. The Labute approximate surface area is 243 Å². The number of carbonyl (C=O) groups is 2. The van der Waals surface area contributed by atoms with Crippen LogP contribution in [0, 0.1) is 5.41 Å². The van der Waals surface area contributed by atoms with Gasteiger partial charge in [0.15, 0.2) is 11.9 Å². The van der Waals surface area contributed by atoms with E-state index in [0.29, 0.717) is 15.6 Å². The van der Waals surface area contributed by atoms with Crippen molar-refractivity contribution in [3.05, 3.63) is 76.3 Å². The Hall–Kier alpha value is -4.25. The number of nitrogens with one attached hydrogen (secondary N) is 3. The normalized spacial score (nSPS) is 17.2. The lowest BCUT2D eigenvalue weighted by Gasteiger charge is -2.27. The fraction of sp³-hybridized carbons (Fsp3) is 0.320. The Kier molecular flexibility index (Phi) is 8.96. The van der Waals surface area contributed by atoms with Crippen molar-refractivity contribution in [1.82, 2.24) is 30.3 Å². The zero-order chi connectivity index (χ0) is 31.7. The van der Waals surface area contributed by atoms with E-state index in [1.165, 1.54) is 24.3 Å². The quantitative estimate of drug-likeness (QED) is 0.167. The lowest BCUT2D eigenvalue weighted by molar-refractivity contribution is -0.204. The van der Waals surface area contributed by atoms with Crippen molar-refractivity contribution in [1.29, 1.82) is 5.41 Å². The average molecular weight is 636 g/mol. The molecule has 0 radical (unpaired) electrons. The molecule has 3 atom stereocenters. The van der Waals surface area contributed by atoms with E-state index in [-0.39, 0.29) is 22.8 Å². The summed E-state index contributed by atoms with van der Waals surface area (Å²) in [5.74, 6) is -2.04. The van der Waals surface area contributed by atoms with Crippen molar-refractivity contribution >= 4 is 29.4 Å². The van der Waals surface area contributed by atoms with E-state index in [4.69, 9.17) is 17.0 Å². The smallest absolute Gasteiger partial charge is 0.382 e. The van der Waals surface area contributed by atoms with E-state index < -0.39 is 78.3 Å². The fourth-order valence-electron chi connectivity index (χ4n) is 3.81. The number of carbonyl (C=O) groups excluding carboxylic acids is 2. The largest absolute Gasteiger partial charge is 0.418 e. The molecule has 1 fully saturated rings. The predicted molar refractivity (Wildman–Crippen MR) is 136 cm³/mol. The van der Waals surface area contributed by atoms with Crippen molar-refractivity contribution in [2.24, 2.45) is 0 Å². The average Bonchev–Trinajstić information content (AvgIpc) is 3.42. The monoisotopic (exact) mass is 635 g/mol. The summed E-state index contributed by atoms with van der Waals surface area (Å²) in [5.41, 5.74) is -2.50. The summed E-state index contributed by atoms with van der Waals surface area (Å²) in [7, 11) is 0. The van der Waals surface area contributed by atoms with Gasteiger partial charge in [-0.15, -0.1) is 5.10 Å². The zero-order valence-corrected chi connectivity index (χ0v) is 22.3. The lowest BCUT2D eigenvalue weighted by Crippen LogP contribution is -2.50. The number of hydrogen-bond donors (Lipinski definition) is 4. The molecular formula is C25H21ClF7N7O3. The number of hydrogen-bond acceptors (Lipinski definition) is 6. The maximum absolute atomic E-state index is 13.8. The number of aliphatic hydroxyl groups is 1. The summed E-state index contributed by atoms with van der Waals surface area (Å²) in [4.78, 5) is 29.7. The Balaban J connectivity index is 1.57. The number of alkyl halides is 7. The van der Waals surface area contributed by atoms with E-state index in [2.05, 4.69) is 20.7 Å². The topological polar surface area (TPSA) is 136 Å². The maximum Gasteiger partial charge on any atom is 0.418 e. The third-order valence-electron chi connectivity index (χ3n) is 6.15. The molecule has 0 unspecified atom stereocenters. The molecule has 0 aliphatic heterocycles. The number of rotatable bonds is 8. The molecule has 3 amide bonds. The summed E-state index contributed by atoms with van der Waals surface area (Å²) < 4.78 is 94.6.